The van der Waals surface area contributed by atoms with Crippen LogP contribution in [0.2, 0.25) is 0 Å². The second-order valence-corrected chi connectivity index (χ2v) is 6.71. The monoisotopic (exact) mass is 356 g/mol. The minimum Gasteiger partial charge on any atom is -0.356 e. The maximum Gasteiger partial charge on any atom is 0.416 e. The van der Waals surface area contributed by atoms with Gasteiger partial charge in [0.2, 0.25) is 5.91 Å². The molecule has 2 rings (SSSR count). The summed E-state index contributed by atoms with van der Waals surface area (Å²) in [4.78, 5) is 13.8. The van der Waals surface area contributed by atoms with Gasteiger partial charge in [0.05, 0.1) is 5.56 Å². The molecule has 1 fully saturated rings. The summed E-state index contributed by atoms with van der Waals surface area (Å²) in [6.07, 6.45) is -0.513. The van der Waals surface area contributed by atoms with Crippen molar-refractivity contribution in [2.75, 3.05) is 26.2 Å². The summed E-state index contributed by atoms with van der Waals surface area (Å²) in [5.74, 6) is 0.452. The predicted octanol–water partition coefficient (Wildman–Crippen LogP) is 3.88. The second kappa shape index (κ2) is 9.22. The molecule has 0 radical (unpaired) electrons. The summed E-state index contributed by atoms with van der Waals surface area (Å²) in [7, 11) is 0. The van der Waals surface area contributed by atoms with Crippen molar-refractivity contribution in [1.82, 2.24) is 10.2 Å². The smallest absolute Gasteiger partial charge is 0.356 e. The lowest BCUT2D eigenvalue weighted by Crippen LogP contribution is -2.38. The van der Waals surface area contributed by atoms with Gasteiger partial charge >= 0.3 is 6.18 Å². The molecule has 6 heteroatoms. The quantitative estimate of drug-likeness (QED) is 0.804. The van der Waals surface area contributed by atoms with E-state index >= 15 is 0 Å². The minimum absolute atomic E-state index is 0.0590. The maximum atomic E-state index is 13.1. The fourth-order valence-corrected chi connectivity index (χ4v) is 3.51. The zero-order valence-electron chi connectivity index (χ0n) is 14.7. The maximum absolute atomic E-state index is 13.1. The number of carbonyl (C=O) groups is 1. The van der Waals surface area contributed by atoms with Gasteiger partial charge in [-0.05, 0) is 56.7 Å². The average Bonchev–Trinajstić information content (AvgIpc) is 2.58. The molecule has 0 spiro atoms. The molecule has 1 aliphatic rings. The molecule has 1 atom stereocenters. The van der Waals surface area contributed by atoms with Gasteiger partial charge in [-0.3, -0.25) is 4.79 Å². The summed E-state index contributed by atoms with van der Waals surface area (Å²) < 4.78 is 39.2. The van der Waals surface area contributed by atoms with Gasteiger partial charge in [0.15, 0.2) is 0 Å². The SMILES string of the molecule is CCNC(=O)CCN1CCC[C@@H](CCc2ccccc2C(F)(F)F)C1. The van der Waals surface area contributed by atoms with Crippen molar-refractivity contribution in [1.29, 1.82) is 0 Å². The minimum atomic E-state index is -4.29. The summed E-state index contributed by atoms with van der Waals surface area (Å²) in [6, 6.07) is 5.85. The Hall–Kier alpha value is -1.56. The molecule has 1 heterocycles. The Morgan fingerprint density at radius 2 is 2.08 bits per heavy atom. The Bertz CT molecular complexity index is 560. The van der Waals surface area contributed by atoms with E-state index in [4.69, 9.17) is 0 Å². The first-order valence-corrected chi connectivity index (χ1v) is 9.04. The molecule has 1 aromatic carbocycles. The molecule has 25 heavy (non-hydrogen) atoms. The van der Waals surface area contributed by atoms with Crippen molar-refractivity contribution in [2.45, 2.75) is 45.2 Å². The van der Waals surface area contributed by atoms with Gasteiger partial charge in [-0.1, -0.05) is 18.2 Å². The van der Waals surface area contributed by atoms with E-state index in [1.165, 1.54) is 6.07 Å². The van der Waals surface area contributed by atoms with E-state index in [-0.39, 0.29) is 5.91 Å². The number of nitrogens with one attached hydrogen (secondary N) is 1. The van der Waals surface area contributed by atoms with Gasteiger partial charge in [0.1, 0.15) is 0 Å². The van der Waals surface area contributed by atoms with Crippen LogP contribution < -0.4 is 5.32 Å². The lowest BCUT2D eigenvalue weighted by molar-refractivity contribution is -0.138. The van der Waals surface area contributed by atoms with Crippen molar-refractivity contribution < 1.29 is 18.0 Å². The van der Waals surface area contributed by atoms with Crippen molar-refractivity contribution in [3.63, 3.8) is 0 Å². The fourth-order valence-electron chi connectivity index (χ4n) is 3.51. The summed E-state index contributed by atoms with van der Waals surface area (Å²) in [6.45, 7) is 5.10. The Balaban J connectivity index is 1.84. The lowest BCUT2D eigenvalue weighted by Gasteiger charge is -2.32. The predicted molar refractivity (Wildman–Crippen MR) is 92.2 cm³/mol. The van der Waals surface area contributed by atoms with Crippen molar-refractivity contribution in [3.05, 3.63) is 35.4 Å². The van der Waals surface area contributed by atoms with E-state index in [0.717, 1.165) is 45.0 Å². The molecular weight excluding hydrogens is 329 g/mol. The molecule has 140 valence electrons. The van der Waals surface area contributed by atoms with Gasteiger partial charge in [-0.2, -0.15) is 13.2 Å². The van der Waals surface area contributed by atoms with Crippen molar-refractivity contribution >= 4 is 5.91 Å². The number of amides is 1. The first kappa shape index (κ1) is 19.8. The van der Waals surface area contributed by atoms with Crippen LogP contribution in [0.4, 0.5) is 13.2 Å². The third kappa shape index (κ3) is 6.34. The van der Waals surface area contributed by atoms with Gasteiger partial charge in [-0.15, -0.1) is 0 Å². The second-order valence-electron chi connectivity index (χ2n) is 6.71. The van der Waals surface area contributed by atoms with Crippen LogP contribution in [-0.2, 0) is 17.4 Å². The van der Waals surface area contributed by atoms with E-state index in [1.807, 2.05) is 6.92 Å². The fraction of sp³-hybridized carbons (Fsp3) is 0.632. The number of hydrogen-bond donors (Lipinski definition) is 1. The number of hydrogen-bond acceptors (Lipinski definition) is 2. The third-order valence-electron chi connectivity index (χ3n) is 4.78. The van der Waals surface area contributed by atoms with Gasteiger partial charge in [0, 0.05) is 26.1 Å². The molecule has 1 N–H and O–H groups in total. The van der Waals surface area contributed by atoms with E-state index in [1.54, 1.807) is 12.1 Å². The Morgan fingerprint density at radius 1 is 1.32 bits per heavy atom. The van der Waals surface area contributed by atoms with Gasteiger partial charge < -0.3 is 10.2 Å². The summed E-state index contributed by atoms with van der Waals surface area (Å²) in [5.41, 5.74) is -0.131. The Labute approximate surface area is 147 Å². The van der Waals surface area contributed by atoms with E-state index in [9.17, 15) is 18.0 Å². The topological polar surface area (TPSA) is 32.3 Å². The number of rotatable bonds is 7. The van der Waals surface area contributed by atoms with Crippen molar-refractivity contribution in [2.24, 2.45) is 5.92 Å². The Morgan fingerprint density at radius 3 is 2.80 bits per heavy atom. The Kier molecular flexibility index (Phi) is 7.29. The average molecular weight is 356 g/mol. The molecule has 0 saturated carbocycles. The number of halogens is 3. The van der Waals surface area contributed by atoms with E-state index < -0.39 is 11.7 Å². The third-order valence-corrected chi connectivity index (χ3v) is 4.78. The summed E-state index contributed by atoms with van der Waals surface area (Å²) >= 11 is 0. The number of piperidine rings is 1. The number of likely N-dealkylation sites (tertiary alicyclic amines) is 1. The summed E-state index contributed by atoms with van der Waals surface area (Å²) in [5, 5.41) is 2.79. The van der Waals surface area contributed by atoms with Crippen LogP contribution in [0.15, 0.2) is 24.3 Å². The zero-order valence-corrected chi connectivity index (χ0v) is 14.7. The number of benzene rings is 1. The van der Waals surface area contributed by atoms with Crippen LogP contribution in [0.3, 0.4) is 0 Å². The molecule has 0 aliphatic carbocycles. The molecule has 3 nitrogen and oxygen atoms in total. The highest BCUT2D eigenvalue weighted by Crippen LogP contribution is 2.33. The number of alkyl halides is 3. The lowest BCUT2D eigenvalue weighted by atomic mass is 9.90. The number of aryl methyl sites for hydroxylation is 1. The highest BCUT2D eigenvalue weighted by Gasteiger charge is 2.33. The molecule has 1 aliphatic heterocycles. The van der Waals surface area contributed by atoms with Crippen LogP contribution in [0, 0.1) is 5.92 Å². The molecule has 0 bridgehead atoms. The normalized spacial score (nSPS) is 19.0. The van der Waals surface area contributed by atoms with E-state index in [2.05, 4.69) is 10.2 Å². The zero-order chi connectivity index (χ0) is 18.3. The van der Waals surface area contributed by atoms with Crippen LogP contribution >= 0.6 is 0 Å². The van der Waals surface area contributed by atoms with Gasteiger partial charge in [0.25, 0.3) is 0 Å². The molecule has 0 aromatic heterocycles. The molecule has 1 amide bonds. The van der Waals surface area contributed by atoms with E-state index in [0.29, 0.717) is 30.9 Å². The van der Waals surface area contributed by atoms with Crippen molar-refractivity contribution in [3.8, 4) is 0 Å². The molecule has 0 unspecified atom stereocenters. The highest BCUT2D eigenvalue weighted by molar-refractivity contribution is 5.75. The molecule has 1 saturated heterocycles. The number of carbonyl (C=O) groups excluding carboxylic acids is 1. The standard InChI is InChI=1S/C19H27F3N2O/c1-2-23-18(25)11-13-24-12-5-6-15(14-24)9-10-16-7-3-4-8-17(16)19(20,21)22/h3-4,7-8,15H,2,5-6,9-14H2,1H3,(H,23,25)/t15-/m0/s1. The first-order valence-electron chi connectivity index (χ1n) is 9.04. The first-order chi connectivity index (χ1) is 11.9. The van der Waals surface area contributed by atoms with Crippen LogP contribution in [0.5, 0.6) is 0 Å². The van der Waals surface area contributed by atoms with Crippen LogP contribution in [0.1, 0.15) is 43.7 Å². The van der Waals surface area contributed by atoms with Crippen LogP contribution in [-0.4, -0.2) is 37.0 Å². The van der Waals surface area contributed by atoms with Crippen LogP contribution in [0.25, 0.3) is 0 Å². The van der Waals surface area contributed by atoms with Gasteiger partial charge in [-0.25, -0.2) is 0 Å². The molecule has 1 aromatic rings. The highest BCUT2D eigenvalue weighted by atomic mass is 19.4. The largest absolute Gasteiger partial charge is 0.416 e. The molecular formula is C19H27F3N2O. The number of nitrogens with zero attached hydrogens (tertiary/aromatic N) is 1.